The van der Waals surface area contributed by atoms with Crippen LogP contribution in [0.25, 0.3) is 0 Å². The molecule has 5 rings (SSSR count). The van der Waals surface area contributed by atoms with Crippen LogP contribution >= 0.6 is 0 Å². The predicted molar refractivity (Wildman–Crippen MR) is 125 cm³/mol. The highest BCUT2D eigenvalue weighted by molar-refractivity contribution is 6.06. The van der Waals surface area contributed by atoms with Gasteiger partial charge in [-0.1, -0.05) is 65.8 Å². The normalized spacial score (nSPS) is 14.9. The van der Waals surface area contributed by atoms with E-state index in [9.17, 15) is 4.79 Å². The average molecular weight is 438 g/mol. The van der Waals surface area contributed by atoms with Gasteiger partial charge in [0.15, 0.2) is 0 Å². The zero-order valence-corrected chi connectivity index (χ0v) is 18.0. The molecular formula is C25H22N6O2. The van der Waals surface area contributed by atoms with Crippen LogP contribution in [0.15, 0.2) is 96.2 Å². The fraction of sp³-hybridized carbons (Fsp3) is 0.120. The number of aromatic nitrogens is 4. The van der Waals surface area contributed by atoms with E-state index >= 15 is 0 Å². The van der Waals surface area contributed by atoms with E-state index in [0.29, 0.717) is 29.5 Å². The zero-order chi connectivity index (χ0) is 22.6. The number of nitrogens with zero attached hydrogens (tertiary/aromatic N) is 4. The number of carbonyl (C=O) groups excluding carboxylic acids is 1. The number of ether oxygens (including phenoxy) is 1. The van der Waals surface area contributed by atoms with Crippen LogP contribution in [0, 0.1) is 0 Å². The summed E-state index contributed by atoms with van der Waals surface area (Å²) in [4.78, 5) is 13.3. The Bertz CT molecular complexity index is 1280. The number of carbonyl (C=O) groups is 1. The van der Waals surface area contributed by atoms with Crippen molar-refractivity contribution in [2.24, 2.45) is 0 Å². The molecule has 1 aliphatic heterocycles. The summed E-state index contributed by atoms with van der Waals surface area (Å²) in [5.74, 6) is 1.00. The molecule has 33 heavy (non-hydrogen) atoms. The molecule has 0 unspecified atom stereocenters. The number of rotatable bonds is 6. The molecule has 1 aliphatic rings. The minimum atomic E-state index is -0.483. The Hall–Kier alpha value is -4.46. The van der Waals surface area contributed by atoms with Gasteiger partial charge in [0.05, 0.1) is 5.57 Å². The maximum absolute atomic E-state index is 13.3. The Balaban J connectivity index is 1.42. The molecule has 0 bridgehead atoms. The van der Waals surface area contributed by atoms with E-state index in [0.717, 1.165) is 16.9 Å². The topological polar surface area (TPSA) is 94.0 Å². The lowest BCUT2D eigenvalue weighted by Gasteiger charge is -2.28. The molecular weight excluding hydrogens is 416 g/mol. The minimum absolute atomic E-state index is 0.221. The number of para-hydroxylation sites is 1. The molecule has 0 aliphatic carbocycles. The van der Waals surface area contributed by atoms with Crippen LogP contribution in [0.1, 0.15) is 24.1 Å². The van der Waals surface area contributed by atoms with Crippen LogP contribution in [0.2, 0.25) is 0 Å². The van der Waals surface area contributed by atoms with Crippen molar-refractivity contribution in [2.45, 2.75) is 19.6 Å². The lowest BCUT2D eigenvalue weighted by molar-refractivity contribution is -0.113. The molecule has 8 nitrogen and oxygen atoms in total. The summed E-state index contributed by atoms with van der Waals surface area (Å²) in [6.07, 6.45) is 0. The van der Waals surface area contributed by atoms with Gasteiger partial charge in [-0.3, -0.25) is 4.79 Å². The van der Waals surface area contributed by atoms with E-state index in [1.807, 2.05) is 91.9 Å². The molecule has 0 radical (unpaired) electrons. The molecule has 2 heterocycles. The van der Waals surface area contributed by atoms with Crippen LogP contribution in [0.5, 0.6) is 5.75 Å². The van der Waals surface area contributed by atoms with Gasteiger partial charge in [-0.2, -0.15) is 4.68 Å². The second kappa shape index (κ2) is 8.96. The Morgan fingerprint density at radius 2 is 1.70 bits per heavy atom. The third-order valence-corrected chi connectivity index (χ3v) is 5.43. The number of nitrogens with one attached hydrogen (secondary N) is 2. The van der Waals surface area contributed by atoms with E-state index in [1.54, 1.807) is 4.68 Å². The van der Waals surface area contributed by atoms with E-state index in [2.05, 4.69) is 26.2 Å². The van der Waals surface area contributed by atoms with E-state index < -0.39 is 6.04 Å². The SMILES string of the molecule is CC1=C(C(=O)Nc2ccccc2)[C@H](c2ccc(OCc3ccccc3)cc2)n2nnnc2N1. The highest BCUT2D eigenvalue weighted by atomic mass is 16.5. The number of hydrogen-bond acceptors (Lipinski definition) is 6. The fourth-order valence-electron chi connectivity index (χ4n) is 3.82. The maximum Gasteiger partial charge on any atom is 0.255 e. The minimum Gasteiger partial charge on any atom is -0.489 e. The van der Waals surface area contributed by atoms with Crippen LogP contribution < -0.4 is 15.4 Å². The first-order valence-electron chi connectivity index (χ1n) is 10.6. The van der Waals surface area contributed by atoms with Crippen molar-refractivity contribution < 1.29 is 9.53 Å². The molecule has 1 atom stereocenters. The molecule has 0 saturated carbocycles. The lowest BCUT2D eigenvalue weighted by Crippen LogP contribution is -2.31. The summed E-state index contributed by atoms with van der Waals surface area (Å²) < 4.78 is 7.53. The standard InChI is InChI=1S/C25H22N6O2/c1-17-22(24(32)27-20-10-6-3-7-11-20)23(31-25(26-17)28-29-30-31)19-12-14-21(15-13-19)33-16-18-8-4-2-5-9-18/h2-15,23H,16H2,1H3,(H,27,32)(H,26,28,30)/t23-/m0/s1. The molecule has 0 saturated heterocycles. The third-order valence-electron chi connectivity index (χ3n) is 5.43. The van der Waals surface area contributed by atoms with Gasteiger partial charge in [0.1, 0.15) is 18.4 Å². The number of anilines is 2. The molecule has 8 heteroatoms. The van der Waals surface area contributed by atoms with Crippen molar-refractivity contribution in [1.29, 1.82) is 0 Å². The van der Waals surface area contributed by atoms with Crippen molar-refractivity contribution in [3.05, 3.63) is 107 Å². The van der Waals surface area contributed by atoms with Crippen molar-refractivity contribution in [3.63, 3.8) is 0 Å². The first-order chi connectivity index (χ1) is 16.2. The van der Waals surface area contributed by atoms with E-state index in [-0.39, 0.29) is 5.91 Å². The average Bonchev–Trinajstić information content (AvgIpc) is 3.31. The van der Waals surface area contributed by atoms with Crippen LogP contribution in [-0.4, -0.2) is 26.1 Å². The van der Waals surface area contributed by atoms with Gasteiger partial charge in [-0.05, 0) is 52.7 Å². The molecule has 4 aromatic rings. The Morgan fingerprint density at radius 3 is 2.42 bits per heavy atom. The van der Waals surface area contributed by atoms with Gasteiger partial charge >= 0.3 is 0 Å². The van der Waals surface area contributed by atoms with Gasteiger partial charge in [-0.25, -0.2) is 0 Å². The summed E-state index contributed by atoms with van der Waals surface area (Å²) >= 11 is 0. The fourth-order valence-corrected chi connectivity index (χ4v) is 3.82. The van der Waals surface area contributed by atoms with Crippen LogP contribution in [-0.2, 0) is 11.4 Å². The Kier molecular flexibility index (Phi) is 5.55. The van der Waals surface area contributed by atoms with E-state index in [1.165, 1.54) is 0 Å². The molecule has 1 aromatic heterocycles. The number of benzene rings is 3. The number of hydrogen-bond donors (Lipinski definition) is 2. The van der Waals surface area contributed by atoms with Crippen molar-refractivity contribution in [1.82, 2.24) is 20.2 Å². The number of amides is 1. The summed E-state index contributed by atoms with van der Waals surface area (Å²) in [6, 6.07) is 26.5. The largest absolute Gasteiger partial charge is 0.489 e. The van der Waals surface area contributed by atoms with Crippen LogP contribution in [0.4, 0.5) is 11.6 Å². The second-order valence-electron chi connectivity index (χ2n) is 7.68. The highest BCUT2D eigenvalue weighted by Gasteiger charge is 2.34. The summed E-state index contributed by atoms with van der Waals surface area (Å²) in [6.45, 7) is 2.33. The van der Waals surface area contributed by atoms with Gasteiger partial charge in [0.25, 0.3) is 5.91 Å². The first-order valence-corrected chi connectivity index (χ1v) is 10.6. The predicted octanol–water partition coefficient (Wildman–Crippen LogP) is 4.18. The Labute approximate surface area is 190 Å². The molecule has 2 N–H and O–H groups in total. The number of allylic oxidation sites excluding steroid dienone is 1. The van der Waals surface area contributed by atoms with E-state index in [4.69, 9.17) is 4.74 Å². The van der Waals surface area contributed by atoms with Crippen LogP contribution in [0.3, 0.4) is 0 Å². The van der Waals surface area contributed by atoms with Crippen molar-refractivity contribution in [3.8, 4) is 5.75 Å². The highest BCUT2D eigenvalue weighted by Crippen LogP contribution is 2.35. The first kappa shape index (κ1) is 20.4. The molecule has 164 valence electrons. The van der Waals surface area contributed by atoms with Gasteiger partial charge < -0.3 is 15.4 Å². The summed E-state index contributed by atoms with van der Waals surface area (Å²) in [5.41, 5.74) is 3.91. The van der Waals surface area contributed by atoms with Gasteiger partial charge in [-0.15, -0.1) is 0 Å². The molecule has 3 aromatic carbocycles. The molecule has 1 amide bonds. The summed E-state index contributed by atoms with van der Waals surface area (Å²) in [5, 5.41) is 18.1. The van der Waals surface area contributed by atoms with Crippen molar-refractivity contribution >= 4 is 17.5 Å². The maximum atomic E-state index is 13.3. The summed E-state index contributed by atoms with van der Waals surface area (Å²) in [7, 11) is 0. The smallest absolute Gasteiger partial charge is 0.255 e. The third kappa shape index (κ3) is 4.31. The quantitative estimate of drug-likeness (QED) is 0.469. The van der Waals surface area contributed by atoms with Crippen molar-refractivity contribution in [2.75, 3.05) is 10.6 Å². The van der Waals surface area contributed by atoms with Gasteiger partial charge in [0, 0.05) is 11.4 Å². The Morgan fingerprint density at radius 1 is 1.00 bits per heavy atom. The molecule has 0 fully saturated rings. The van der Waals surface area contributed by atoms with Gasteiger partial charge in [0.2, 0.25) is 5.95 Å². The monoisotopic (exact) mass is 438 g/mol. The zero-order valence-electron chi connectivity index (χ0n) is 18.0. The molecule has 0 spiro atoms. The lowest BCUT2D eigenvalue weighted by atomic mass is 9.95. The number of tetrazole rings is 1. The second-order valence-corrected chi connectivity index (χ2v) is 7.68. The number of fused-ring (bicyclic) bond motifs is 1.